The third kappa shape index (κ3) is 3.56. The summed E-state index contributed by atoms with van der Waals surface area (Å²) in [6.07, 6.45) is 0.795. The lowest BCUT2D eigenvalue weighted by molar-refractivity contribution is -0.132. The number of methoxy groups -OCH3 is 1. The second-order valence-corrected chi connectivity index (χ2v) is 5.59. The summed E-state index contributed by atoms with van der Waals surface area (Å²) in [5.74, 6) is -0.345. The van der Waals surface area contributed by atoms with E-state index in [0.717, 1.165) is 6.42 Å². The number of benzene rings is 1. The molecule has 0 unspecified atom stereocenters. The van der Waals surface area contributed by atoms with Crippen LogP contribution in [-0.2, 0) is 4.79 Å². The molecule has 0 saturated carbocycles. The molecule has 7 nitrogen and oxygen atoms in total. The zero-order valence-electron chi connectivity index (χ0n) is 13.5. The van der Waals surface area contributed by atoms with Crippen LogP contribution in [0.15, 0.2) is 12.1 Å². The summed E-state index contributed by atoms with van der Waals surface area (Å²) in [6, 6.07) is 2.85. The molecular formula is C16H22N2O5. The first-order valence-electron chi connectivity index (χ1n) is 7.52. The Morgan fingerprint density at radius 3 is 2.65 bits per heavy atom. The summed E-state index contributed by atoms with van der Waals surface area (Å²) in [4.78, 5) is 25.5. The van der Waals surface area contributed by atoms with Crippen LogP contribution < -0.4 is 15.2 Å². The van der Waals surface area contributed by atoms with Crippen LogP contribution in [0.1, 0.15) is 37.0 Å². The Labute approximate surface area is 135 Å². The van der Waals surface area contributed by atoms with Crippen molar-refractivity contribution in [2.24, 2.45) is 0 Å². The zero-order valence-corrected chi connectivity index (χ0v) is 13.5. The number of carbonyl (C=O) groups excluding carboxylic acids is 2. The molecule has 1 saturated heterocycles. The molecule has 0 aromatic heterocycles. The topological polar surface area (TPSA) is 102 Å². The summed E-state index contributed by atoms with van der Waals surface area (Å²) in [7, 11) is 1.42. The molecule has 126 valence electrons. The highest BCUT2D eigenvalue weighted by Crippen LogP contribution is 2.34. The van der Waals surface area contributed by atoms with Crippen molar-refractivity contribution in [2.75, 3.05) is 19.4 Å². The van der Waals surface area contributed by atoms with Gasteiger partial charge >= 0.3 is 5.97 Å². The fourth-order valence-electron chi connectivity index (χ4n) is 2.84. The largest absolute Gasteiger partial charge is 0.493 e. The smallest absolute Gasteiger partial charge is 0.308 e. The Balaban J connectivity index is 2.35. The second kappa shape index (κ2) is 6.87. The predicted molar refractivity (Wildman–Crippen MR) is 84.5 cm³/mol. The average Bonchev–Trinajstić information content (AvgIpc) is 2.87. The van der Waals surface area contributed by atoms with Crippen molar-refractivity contribution in [3.05, 3.63) is 17.7 Å². The normalized spacial score (nSPS) is 20.4. The van der Waals surface area contributed by atoms with Crippen molar-refractivity contribution >= 4 is 17.6 Å². The number of nitrogens with two attached hydrogens (primary N) is 1. The Morgan fingerprint density at radius 2 is 2.09 bits per heavy atom. The van der Waals surface area contributed by atoms with Crippen LogP contribution in [0.3, 0.4) is 0 Å². The fourth-order valence-corrected chi connectivity index (χ4v) is 2.84. The number of ether oxygens (including phenoxy) is 2. The number of aliphatic hydroxyl groups is 1. The number of nitrogen functional groups attached to an aromatic ring is 1. The number of β-amino-alcohol motifs (C(OH)–C–C–N with tert-alkyl or cyclic N) is 1. The van der Waals surface area contributed by atoms with Crippen LogP contribution in [0.4, 0.5) is 5.69 Å². The third-order valence-electron chi connectivity index (χ3n) is 3.94. The molecule has 7 heteroatoms. The SMILES string of the molecule is CC[C@@H]1C[C@@H](O)CN1C(=O)c1cc(OC)c(OC(C)=O)cc1N. The van der Waals surface area contributed by atoms with Crippen molar-refractivity contribution in [2.45, 2.75) is 38.8 Å². The number of nitrogens with zero attached hydrogens (tertiary/aromatic N) is 1. The van der Waals surface area contributed by atoms with E-state index in [-0.39, 0.29) is 41.2 Å². The Hall–Kier alpha value is -2.28. The van der Waals surface area contributed by atoms with Gasteiger partial charge < -0.3 is 25.2 Å². The van der Waals surface area contributed by atoms with E-state index in [1.165, 1.54) is 26.2 Å². The minimum absolute atomic E-state index is 0.0176. The maximum Gasteiger partial charge on any atom is 0.308 e. The molecule has 1 aliphatic rings. The van der Waals surface area contributed by atoms with Gasteiger partial charge in [0, 0.05) is 31.3 Å². The van der Waals surface area contributed by atoms with E-state index in [1.807, 2.05) is 6.92 Å². The quantitative estimate of drug-likeness (QED) is 0.490. The number of rotatable bonds is 4. The lowest BCUT2D eigenvalue weighted by Gasteiger charge is -2.24. The molecular weight excluding hydrogens is 300 g/mol. The summed E-state index contributed by atoms with van der Waals surface area (Å²) >= 11 is 0. The number of amides is 1. The molecule has 1 aromatic rings. The second-order valence-electron chi connectivity index (χ2n) is 5.59. The van der Waals surface area contributed by atoms with Crippen LogP contribution in [0.25, 0.3) is 0 Å². The molecule has 0 radical (unpaired) electrons. The van der Waals surface area contributed by atoms with Gasteiger partial charge in [-0.25, -0.2) is 0 Å². The van der Waals surface area contributed by atoms with Crippen LogP contribution in [-0.4, -0.2) is 47.7 Å². The molecule has 0 spiro atoms. The van der Waals surface area contributed by atoms with Gasteiger partial charge in [-0.05, 0) is 18.9 Å². The van der Waals surface area contributed by atoms with Gasteiger partial charge in [-0.2, -0.15) is 0 Å². The Kier molecular flexibility index (Phi) is 5.10. The lowest BCUT2D eigenvalue weighted by Crippen LogP contribution is -2.36. The van der Waals surface area contributed by atoms with Gasteiger partial charge in [0.2, 0.25) is 0 Å². The van der Waals surface area contributed by atoms with Crippen LogP contribution in [0.5, 0.6) is 11.5 Å². The molecule has 1 fully saturated rings. The summed E-state index contributed by atoms with van der Waals surface area (Å²) in [6.45, 7) is 3.52. The Bertz CT molecular complexity index is 617. The molecule has 2 atom stereocenters. The highest BCUT2D eigenvalue weighted by molar-refractivity contribution is 6.00. The van der Waals surface area contributed by atoms with Crippen molar-refractivity contribution in [1.29, 1.82) is 0 Å². The minimum atomic E-state index is -0.521. The molecule has 2 rings (SSSR count). The van der Waals surface area contributed by atoms with Crippen LogP contribution >= 0.6 is 0 Å². The third-order valence-corrected chi connectivity index (χ3v) is 3.94. The van der Waals surface area contributed by atoms with Gasteiger partial charge in [0.25, 0.3) is 5.91 Å². The van der Waals surface area contributed by atoms with E-state index < -0.39 is 12.1 Å². The summed E-state index contributed by atoms with van der Waals surface area (Å²) in [5, 5.41) is 9.80. The van der Waals surface area contributed by atoms with Gasteiger partial charge in [0.05, 0.1) is 18.8 Å². The minimum Gasteiger partial charge on any atom is -0.493 e. The van der Waals surface area contributed by atoms with Gasteiger partial charge in [0.15, 0.2) is 11.5 Å². The highest BCUT2D eigenvalue weighted by atomic mass is 16.6. The zero-order chi connectivity index (χ0) is 17.1. The maximum atomic E-state index is 12.8. The standard InChI is InChI=1S/C16H22N2O5/c1-4-10-5-11(20)8-18(10)16(21)12-6-14(22-3)15(7-13(12)17)23-9(2)19/h6-7,10-11,20H,4-5,8,17H2,1-3H3/t10-,11-/m1/s1. The first-order chi connectivity index (χ1) is 10.9. The van der Waals surface area contributed by atoms with Gasteiger partial charge in [-0.3, -0.25) is 9.59 Å². The molecule has 1 amide bonds. The van der Waals surface area contributed by atoms with Crippen LogP contribution in [0.2, 0.25) is 0 Å². The van der Waals surface area contributed by atoms with Crippen molar-refractivity contribution in [3.63, 3.8) is 0 Å². The number of anilines is 1. The van der Waals surface area contributed by atoms with Crippen molar-refractivity contribution < 1.29 is 24.2 Å². The van der Waals surface area contributed by atoms with Crippen molar-refractivity contribution in [3.8, 4) is 11.5 Å². The lowest BCUT2D eigenvalue weighted by atomic mass is 10.1. The highest BCUT2D eigenvalue weighted by Gasteiger charge is 2.34. The fraction of sp³-hybridized carbons (Fsp3) is 0.500. The number of hydrogen-bond donors (Lipinski definition) is 2. The first-order valence-corrected chi connectivity index (χ1v) is 7.52. The molecule has 1 heterocycles. The van der Waals surface area contributed by atoms with E-state index >= 15 is 0 Å². The van der Waals surface area contributed by atoms with Crippen molar-refractivity contribution in [1.82, 2.24) is 4.90 Å². The molecule has 3 N–H and O–H groups in total. The number of likely N-dealkylation sites (tertiary alicyclic amines) is 1. The van der Waals surface area contributed by atoms with E-state index in [9.17, 15) is 14.7 Å². The number of aliphatic hydroxyl groups excluding tert-OH is 1. The monoisotopic (exact) mass is 322 g/mol. The van der Waals surface area contributed by atoms with Gasteiger partial charge in [-0.1, -0.05) is 6.92 Å². The maximum absolute atomic E-state index is 12.8. The number of esters is 1. The number of hydrogen-bond acceptors (Lipinski definition) is 6. The van der Waals surface area contributed by atoms with E-state index in [2.05, 4.69) is 0 Å². The van der Waals surface area contributed by atoms with Crippen LogP contribution in [0, 0.1) is 0 Å². The molecule has 23 heavy (non-hydrogen) atoms. The molecule has 0 bridgehead atoms. The molecule has 1 aliphatic heterocycles. The van der Waals surface area contributed by atoms with E-state index in [1.54, 1.807) is 4.90 Å². The molecule has 0 aliphatic carbocycles. The average molecular weight is 322 g/mol. The van der Waals surface area contributed by atoms with Gasteiger partial charge in [0.1, 0.15) is 0 Å². The predicted octanol–water partition coefficient (Wildman–Crippen LogP) is 1.19. The Morgan fingerprint density at radius 1 is 1.39 bits per heavy atom. The molecule has 1 aromatic carbocycles. The number of carbonyl (C=O) groups is 2. The van der Waals surface area contributed by atoms with Gasteiger partial charge in [-0.15, -0.1) is 0 Å². The first kappa shape index (κ1) is 17.1. The summed E-state index contributed by atoms with van der Waals surface area (Å²) < 4.78 is 10.2. The summed E-state index contributed by atoms with van der Waals surface area (Å²) in [5.41, 5.74) is 6.42. The van der Waals surface area contributed by atoms with E-state index in [0.29, 0.717) is 6.42 Å². The van der Waals surface area contributed by atoms with E-state index in [4.69, 9.17) is 15.2 Å².